The minimum atomic E-state index is -0.619. The topological polar surface area (TPSA) is 72.6 Å². The second-order valence-electron chi connectivity index (χ2n) is 7.50. The van der Waals surface area contributed by atoms with Crippen molar-refractivity contribution in [3.63, 3.8) is 0 Å². The number of anilines is 1. The van der Waals surface area contributed by atoms with Crippen LogP contribution in [0.15, 0.2) is 57.2 Å². The lowest BCUT2D eigenvalue weighted by Gasteiger charge is -2.22. The Labute approximate surface area is 182 Å². The van der Waals surface area contributed by atoms with Crippen LogP contribution < -0.4 is 15.1 Å². The normalized spacial score (nSPS) is 15.5. The van der Waals surface area contributed by atoms with Gasteiger partial charge in [-0.25, -0.2) is 4.98 Å². The number of ether oxygens (including phenoxy) is 1. The van der Waals surface area contributed by atoms with Gasteiger partial charge in [-0.05, 0) is 61.7 Å². The van der Waals surface area contributed by atoms with E-state index in [0.29, 0.717) is 28.3 Å². The molecule has 31 heavy (non-hydrogen) atoms. The maximum atomic E-state index is 13.6. The summed E-state index contributed by atoms with van der Waals surface area (Å²) >= 11 is 1.34. The van der Waals surface area contributed by atoms with E-state index in [1.807, 2.05) is 57.2 Å². The lowest BCUT2D eigenvalue weighted by molar-refractivity contribution is 0.0971. The summed E-state index contributed by atoms with van der Waals surface area (Å²) in [4.78, 5) is 32.9. The first kappa shape index (κ1) is 19.5. The molecule has 0 fully saturated rings. The second-order valence-corrected chi connectivity index (χ2v) is 8.37. The molecule has 6 nitrogen and oxygen atoms in total. The minimum Gasteiger partial charge on any atom is -0.494 e. The number of aryl methyl sites for hydroxylation is 2. The number of carbonyl (C=O) groups excluding carboxylic acids is 1. The molecule has 1 aliphatic rings. The largest absolute Gasteiger partial charge is 0.494 e. The molecule has 2 aromatic carbocycles. The maximum Gasteiger partial charge on any atom is 0.297 e. The number of amides is 1. The van der Waals surface area contributed by atoms with E-state index in [1.165, 1.54) is 11.3 Å². The molecule has 1 aliphatic heterocycles. The Hall–Kier alpha value is -3.45. The maximum absolute atomic E-state index is 13.6. The minimum absolute atomic E-state index is 0.0786. The zero-order valence-corrected chi connectivity index (χ0v) is 18.2. The number of benzene rings is 2. The van der Waals surface area contributed by atoms with Gasteiger partial charge in [0, 0.05) is 11.6 Å². The molecule has 1 amide bonds. The molecule has 7 heteroatoms. The Morgan fingerprint density at radius 2 is 1.87 bits per heavy atom. The number of hydrogen-bond donors (Lipinski definition) is 0. The zero-order chi connectivity index (χ0) is 21.7. The van der Waals surface area contributed by atoms with Crippen LogP contribution in [0.25, 0.3) is 11.0 Å². The summed E-state index contributed by atoms with van der Waals surface area (Å²) in [5.41, 5.74) is 3.37. The van der Waals surface area contributed by atoms with E-state index < -0.39 is 6.04 Å². The van der Waals surface area contributed by atoms with Crippen LogP contribution >= 0.6 is 11.3 Å². The van der Waals surface area contributed by atoms with Gasteiger partial charge in [0.2, 0.25) is 5.76 Å². The first-order valence-electron chi connectivity index (χ1n) is 10.0. The van der Waals surface area contributed by atoms with Crippen LogP contribution in [0, 0.1) is 13.8 Å². The zero-order valence-electron chi connectivity index (χ0n) is 17.3. The molecule has 0 saturated heterocycles. The van der Waals surface area contributed by atoms with Crippen molar-refractivity contribution in [2.45, 2.75) is 26.8 Å². The number of fused-ring (bicyclic) bond motifs is 2. The molecule has 0 spiro atoms. The van der Waals surface area contributed by atoms with Crippen molar-refractivity contribution in [3.8, 4) is 5.75 Å². The Bertz CT molecular complexity index is 1360. The predicted molar refractivity (Wildman–Crippen MR) is 120 cm³/mol. The third-order valence-corrected chi connectivity index (χ3v) is 6.39. The fourth-order valence-electron chi connectivity index (χ4n) is 3.99. The number of carbonyl (C=O) groups is 1. The first-order chi connectivity index (χ1) is 15.0. The van der Waals surface area contributed by atoms with E-state index in [9.17, 15) is 9.59 Å². The molecule has 1 atom stereocenters. The highest BCUT2D eigenvalue weighted by molar-refractivity contribution is 7.13. The van der Waals surface area contributed by atoms with Crippen molar-refractivity contribution in [2.75, 3.05) is 11.5 Å². The van der Waals surface area contributed by atoms with Crippen LogP contribution in [-0.2, 0) is 0 Å². The van der Waals surface area contributed by atoms with E-state index in [-0.39, 0.29) is 17.1 Å². The Morgan fingerprint density at radius 1 is 1.13 bits per heavy atom. The van der Waals surface area contributed by atoms with Gasteiger partial charge in [0.25, 0.3) is 5.91 Å². The summed E-state index contributed by atoms with van der Waals surface area (Å²) in [5.74, 6) is 0.448. The van der Waals surface area contributed by atoms with Gasteiger partial charge in [0.1, 0.15) is 11.3 Å². The fraction of sp³-hybridized carbons (Fsp3) is 0.208. The predicted octanol–water partition coefficient (Wildman–Crippen LogP) is 5.01. The second kappa shape index (κ2) is 7.35. The third-order valence-electron chi connectivity index (χ3n) is 5.62. The molecule has 2 aromatic heterocycles. The molecular weight excluding hydrogens is 412 g/mol. The molecule has 5 rings (SSSR count). The molecule has 0 bridgehead atoms. The summed E-state index contributed by atoms with van der Waals surface area (Å²) in [7, 11) is 0. The Balaban J connectivity index is 1.77. The van der Waals surface area contributed by atoms with Crippen LogP contribution in [0.3, 0.4) is 0 Å². The molecule has 156 valence electrons. The summed E-state index contributed by atoms with van der Waals surface area (Å²) in [6, 6.07) is 10.5. The first-order valence-corrected chi connectivity index (χ1v) is 10.9. The highest BCUT2D eigenvalue weighted by atomic mass is 32.1. The van der Waals surface area contributed by atoms with E-state index >= 15 is 0 Å². The summed E-state index contributed by atoms with van der Waals surface area (Å²) in [6.45, 7) is 6.39. The quantitative estimate of drug-likeness (QED) is 0.453. The van der Waals surface area contributed by atoms with Crippen LogP contribution in [-0.4, -0.2) is 17.5 Å². The molecule has 0 radical (unpaired) electrons. The summed E-state index contributed by atoms with van der Waals surface area (Å²) in [6.07, 6.45) is 1.64. The van der Waals surface area contributed by atoms with Crippen molar-refractivity contribution >= 4 is 33.3 Å². The highest BCUT2D eigenvalue weighted by Crippen LogP contribution is 2.42. The van der Waals surface area contributed by atoms with Crippen LogP contribution in [0.4, 0.5) is 5.13 Å². The van der Waals surface area contributed by atoms with Gasteiger partial charge < -0.3 is 9.15 Å². The number of nitrogens with zero attached hydrogens (tertiary/aromatic N) is 2. The fourth-order valence-corrected chi connectivity index (χ4v) is 4.66. The molecule has 0 unspecified atom stereocenters. The van der Waals surface area contributed by atoms with Gasteiger partial charge in [-0.3, -0.25) is 14.5 Å². The SMILES string of the molecule is CCOc1ccc([C@@H]2c3c(oc4cc(C)c(C)cc4c3=O)C(=O)N2c2nccs2)cc1. The van der Waals surface area contributed by atoms with Gasteiger partial charge >= 0.3 is 0 Å². The van der Waals surface area contributed by atoms with Crippen molar-refractivity contribution in [1.82, 2.24) is 4.98 Å². The Morgan fingerprint density at radius 3 is 2.55 bits per heavy atom. The van der Waals surface area contributed by atoms with E-state index in [1.54, 1.807) is 16.5 Å². The average Bonchev–Trinajstić information content (AvgIpc) is 3.37. The lowest BCUT2D eigenvalue weighted by Crippen LogP contribution is -2.29. The lowest BCUT2D eigenvalue weighted by atomic mass is 9.97. The monoisotopic (exact) mass is 432 g/mol. The number of thiazole rings is 1. The Kier molecular flexibility index (Phi) is 4.63. The van der Waals surface area contributed by atoms with E-state index in [2.05, 4.69) is 4.98 Å². The number of rotatable bonds is 4. The van der Waals surface area contributed by atoms with Crippen molar-refractivity contribution in [2.24, 2.45) is 0 Å². The molecular formula is C24H20N2O4S. The molecule has 3 heterocycles. The molecule has 4 aromatic rings. The number of hydrogen-bond acceptors (Lipinski definition) is 6. The van der Waals surface area contributed by atoms with E-state index in [4.69, 9.17) is 9.15 Å². The van der Waals surface area contributed by atoms with Crippen molar-refractivity contribution in [3.05, 3.63) is 86.2 Å². The van der Waals surface area contributed by atoms with Crippen molar-refractivity contribution in [1.29, 1.82) is 0 Å². The average molecular weight is 433 g/mol. The number of aromatic nitrogens is 1. The van der Waals surface area contributed by atoms with Crippen LogP contribution in [0.5, 0.6) is 5.75 Å². The smallest absolute Gasteiger partial charge is 0.297 e. The van der Waals surface area contributed by atoms with Crippen LogP contribution in [0.2, 0.25) is 0 Å². The van der Waals surface area contributed by atoms with Crippen LogP contribution in [0.1, 0.15) is 45.8 Å². The van der Waals surface area contributed by atoms with Crippen molar-refractivity contribution < 1.29 is 13.9 Å². The summed E-state index contributed by atoms with van der Waals surface area (Å²) < 4.78 is 11.6. The molecule has 0 saturated carbocycles. The van der Waals surface area contributed by atoms with Gasteiger partial charge in [0.05, 0.1) is 23.6 Å². The van der Waals surface area contributed by atoms with Gasteiger partial charge in [0.15, 0.2) is 10.6 Å². The third kappa shape index (κ3) is 3.04. The molecule has 0 aliphatic carbocycles. The van der Waals surface area contributed by atoms with Gasteiger partial charge in [-0.1, -0.05) is 12.1 Å². The standard InChI is InChI=1S/C24H20N2O4S/c1-4-29-16-7-5-15(6-8-16)20-19-21(27)17-11-13(2)14(3)12-18(17)30-22(19)23(28)26(20)24-25-9-10-31-24/h5-12,20H,4H2,1-3H3/t20-/m1/s1. The van der Waals surface area contributed by atoms with Gasteiger partial charge in [-0.2, -0.15) is 0 Å². The van der Waals surface area contributed by atoms with E-state index in [0.717, 1.165) is 22.4 Å². The van der Waals surface area contributed by atoms with Gasteiger partial charge in [-0.15, -0.1) is 11.3 Å². The highest BCUT2D eigenvalue weighted by Gasteiger charge is 2.44. The molecule has 0 N–H and O–H groups in total. The summed E-state index contributed by atoms with van der Waals surface area (Å²) in [5, 5.41) is 2.80.